The van der Waals surface area contributed by atoms with Crippen LogP contribution in [0.1, 0.15) is 181 Å². The molecule has 0 spiro atoms. The fraction of sp³-hybridized carbons (Fsp3) is 0.902. The summed E-state index contributed by atoms with van der Waals surface area (Å²) >= 11 is 0. The first-order valence-corrected chi connectivity index (χ1v) is 27.5. The molecule has 22 heteroatoms. The number of phosphoric ester groups is 3. The Balaban J connectivity index is 2.76. The Kier molecular flexibility index (Phi) is 32.5. The van der Waals surface area contributed by atoms with Crippen LogP contribution in [0.3, 0.4) is 0 Å². The molecule has 0 heterocycles. The van der Waals surface area contributed by atoms with Crippen LogP contribution in [-0.4, -0.2) is 108 Å². The Morgan fingerprint density at radius 3 is 1.33 bits per heavy atom. The van der Waals surface area contributed by atoms with Gasteiger partial charge in [-0.3, -0.25) is 27.7 Å². The summed E-state index contributed by atoms with van der Waals surface area (Å²) in [6, 6.07) is 0. The Labute approximate surface area is 374 Å². The van der Waals surface area contributed by atoms with Gasteiger partial charge in [-0.2, -0.15) is 0 Å². The van der Waals surface area contributed by atoms with Crippen LogP contribution in [0.25, 0.3) is 0 Å². The highest BCUT2D eigenvalue weighted by Crippen LogP contribution is 2.51. The molecular weight excluding hydrogens is 889 g/mol. The number of hydrogen-bond donors (Lipinski definition) is 8. The summed E-state index contributed by atoms with van der Waals surface area (Å²) in [5.74, 6) is -1.30. The van der Waals surface area contributed by atoms with E-state index in [4.69, 9.17) is 18.5 Å². The minimum absolute atomic E-state index is 0.00842. The van der Waals surface area contributed by atoms with Crippen molar-refractivity contribution in [1.29, 1.82) is 0 Å². The Morgan fingerprint density at radius 1 is 0.492 bits per heavy atom. The number of hydrogen-bond acceptors (Lipinski definition) is 14. The van der Waals surface area contributed by atoms with Gasteiger partial charge in [0.15, 0.2) is 6.10 Å². The largest absolute Gasteiger partial charge is 0.472 e. The molecule has 8 N–H and O–H groups in total. The Bertz CT molecular complexity index is 1390. The molecule has 0 aromatic carbocycles. The van der Waals surface area contributed by atoms with Crippen LogP contribution < -0.4 is 0 Å². The van der Waals surface area contributed by atoms with Gasteiger partial charge in [-0.1, -0.05) is 142 Å². The Hall–Kier alpha value is -1.11. The number of carbonyl (C=O) groups excluding carboxylic acids is 2. The number of ether oxygens (including phenoxy) is 2. The summed E-state index contributed by atoms with van der Waals surface area (Å²) in [5, 5.41) is 31.8. The minimum atomic E-state index is -5.60. The number of unbranched alkanes of at least 4 members (excludes halogenated alkanes) is 21. The molecule has 372 valence electrons. The van der Waals surface area contributed by atoms with E-state index in [9.17, 15) is 63.1 Å². The number of rotatable bonds is 39. The standard InChI is InChI=1S/C41H79O19P3/c1-3-5-7-9-11-13-15-17-19-21-23-25-27-29-34(42)55-31-33(57-35(43)30-28-26-24-22-20-18-16-14-12-10-8-6-4-2)32-56-63(53,54)60-39-36(44)37(45)40(58-61(47,48)49)41(38(39)46)59-62(50,51)52/h14,16,33,36-41,44-46H,3-13,15,17-32H2,1-2H3,(H,53,54)(H2,47,48,49)(H2,50,51,52). The summed E-state index contributed by atoms with van der Waals surface area (Å²) in [6.07, 6.45) is 13.9. The van der Waals surface area contributed by atoms with Gasteiger partial charge >= 0.3 is 35.4 Å². The predicted molar refractivity (Wildman–Crippen MR) is 234 cm³/mol. The van der Waals surface area contributed by atoms with Crippen molar-refractivity contribution in [3.8, 4) is 0 Å². The topological polar surface area (TPSA) is 303 Å². The van der Waals surface area contributed by atoms with Gasteiger partial charge in [0, 0.05) is 12.8 Å². The van der Waals surface area contributed by atoms with Gasteiger partial charge in [-0.15, -0.1) is 0 Å². The highest BCUT2D eigenvalue weighted by Gasteiger charge is 2.56. The van der Waals surface area contributed by atoms with Gasteiger partial charge in [0.1, 0.15) is 43.2 Å². The number of allylic oxidation sites excluding steroid dienone is 2. The van der Waals surface area contributed by atoms with Crippen LogP contribution in [0.4, 0.5) is 0 Å². The fourth-order valence-electron chi connectivity index (χ4n) is 7.11. The van der Waals surface area contributed by atoms with Gasteiger partial charge in [-0.25, -0.2) is 13.7 Å². The van der Waals surface area contributed by atoms with Gasteiger partial charge in [0.25, 0.3) is 0 Å². The molecular formula is C41H79O19P3. The lowest BCUT2D eigenvalue weighted by atomic mass is 9.85. The summed E-state index contributed by atoms with van der Waals surface area (Å²) in [7, 11) is -16.6. The van der Waals surface area contributed by atoms with Crippen molar-refractivity contribution in [2.75, 3.05) is 13.2 Å². The van der Waals surface area contributed by atoms with E-state index in [1.165, 1.54) is 77.0 Å². The number of aliphatic hydroxyl groups excluding tert-OH is 3. The van der Waals surface area contributed by atoms with Gasteiger partial charge in [0.2, 0.25) is 0 Å². The third-order valence-corrected chi connectivity index (χ3v) is 12.6. The molecule has 1 rings (SSSR count). The summed E-state index contributed by atoms with van der Waals surface area (Å²) in [5.41, 5.74) is 0. The molecule has 1 aliphatic rings. The summed E-state index contributed by atoms with van der Waals surface area (Å²) in [6.45, 7) is 2.91. The normalized spacial score (nSPS) is 22.3. The molecule has 1 saturated carbocycles. The van der Waals surface area contributed by atoms with Gasteiger partial charge in [0.05, 0.1) is 6.61 Å². The second-order valence-corrected chi connectivity index (χ2v) is 20.1. The van der Waals surface area contributed by atoms with Crippen molar-refractivity contribution in [2.24, 2.45) is 0 Å². The average molecular weight is 969 g/mol. The number of carbonyl (C=O) groups is 2. The maximum Gasteiger partial charge on any atom is 0.472 e. The van der Waals surface area contributed by atoms with E-state index >= 15 is 0 Å². The van der Waals surface area contributed by atoms with E-state index in [1.54, 1.807) is 0 Å². The quantitative estimate of drug-likeness (QED) is 0.0126. The average Bonchev–Trinajstić information content (AvgIpc) is 3.20. The van der Waals surface area contributed by atoms with Gasteiger partial charge < -0.3 is 49.3 Å². The zero-order valence-electron chi connectivity index (χ0n) is 37.4. The molecule has 0 aliphatic heterocycles. The second kappa shape index (κ2) is 34.2. The summed E-state index contributed by atoms with van der Waals surface area (Å²) < 4.78 is 65.3. The zero-order valence-corrected chi connectivity index (χ0v) is 40.1. The van der Waals surface area contributed by atoms with Crippen molar-refractivity contribution in [1.82, 2.24) is 0 Å². The first kappa shape index (κ1) is 59.9. The molecule has 0 bridgehead atoms. The highest BCUT2D eigenvalue weighted by atomic mass is 31.2. The molecule has 63 heavy (non-hydrogen) atoms. The lowest BCUT2D eigenvalue weighted by Gasteiger charge is -2.44. The smallest absolute Gasteiger partial charge is 0.462 e. The van der Waals surface area contributed by atoms with E-state index in [1.807, 2.05) is 0 Å². The van der Waals surface area contributed by atoms with Crippen LogP contribution in [0.15, 0.2) is 12.2 Å². The molecule has 19 nitrogen and oxygen atoms in total. The van der Waals surface area contributed by atoms with E-state index in [2.05, 4.69) is 35.0 Å². The van der Waals surface area contributed by atoms with Crippen LogP contribution in [0.2, 0.25) is 0 Å². The second-order valence-electron chi connectivity index (χ2n) is 16.3. The third kappa shape index (κ3) is 30.7. The number of phosphoric acid groups is 3. The lowest BCUT2D eigenvalue weighted by molar-refractivity contribution is -0.213. The molecule has 0 radical (unpaired) electrons. The maximum atomic E-state index is 13.1. The molecule has 0 aromatic heterocycles. The lowest BCUT2D eigenvalue weighted by Crippen LogP contribution is -2.65. The third-order valence-electron chi connectivity index (χ3n) is 10.6. The SMILES string of the molecule is CCCCCCC=CCCCCCCCC(=O)OC(COC(=O)CCCCCCCCCCCCCCC)COP(=O)(O)OC1C(O)C(O)C(OP(=O)(O)O)C(OP(=O)(O)O)C1O. The van der Waals surface area contributed by atoms with E-state index in [0.29, 0.717) is 12.8 Å². The van der Waals surface area contributed by atoms with E-state index < -0.39 is 91.3 Å². The van der Waals surface area contributed by atoms with Crippen LogP contribution in [0, 0.1) is 0 Å². The van der Waals surface area contributed by atoms with Gasteiger partial charge in [-0.05, 0) is 38.5 Å². The molecule has 0 saturated heterocycles. The van der Waals surface area contributed by atoms with Crippen molar-refractivity contribution in [3.63, 3.8) is 0 Å². The summed E-state index contributed by atoms with van der Waals surface area (Å²) in [4.78, 5) is 73.0. The zero-order chi connectivity index (χ0) is 47.2. The number of esters is 2. The maximum absolute atomic E-state index is 13.1. The van der Waals surface area contributed by atoms with E-state index in [-0.39, 0.29) is 12.8 Å². The fourth-order valence-corrected chi connectivity index (χ4v) is 9.20. The molecule has 0 amide bonds. The molecule has 8 unspecified atom stereocenters. The molecule has 8 atom stereocenters. The van der Waals surface area contributed by atoms with Crippen LogP contribution in [-0.2, 0) is 50.9 Å². The molecule has 1 fully saturated rings. The first-order chi connectivity index (χ1) is 29.8. The van der Waals surface area contributed by atoms with Crippen LogP contribution >= 0.6 is 23.5 Å². The molecule has 1 aliphatic carbocycles. The van der Waals surface area contributed by atoms with Crippen LogP contribution in [0.5, 0.6) is 0 Å². The monoisotopic (exact) mass is 968 g/mol. The van der Waals surface area contributed by atoms with Crippen molar-refractivity contribution < 1.29 is 90.6 Å². The van der Waals surface area contributed by atoms with Crippen molar-refractivity contribution >= 4 is 35.4 Å². The van der Waals surface area contributed by atoms with E-state index in [0.717, 1.165) is 64.2 Å². The van der Waals surface area contributed by atoms with Crippen molar-refractivity contribution in [3.05, 3.63) is 12.2 Å². The highest BCUT2D eigenvalue weighted by molar-refractivity contribution is 7.47. The molecule has 0 aromatic rings. The predicted octanol–water partition coefficient (Wildman–Crippen LogP) is 7.73. The first-order valence-electron chi connectivity index (χ1n) is 23.0. The Morgan fingerprint density at radius 2 is 0.873 bits per heavy atom. The van der Waals surface area contributed by atoms with Crippen molar-refractivity contribution in [2.45, 2.75) is 224 Å². The number of aliphatic hydroxyl groups is 3. The minimum Gasteiger partial charge on any atom is -0.462 e.